The van der Waals surface area contributed by atoms with E-state index in [0.717, 1.165) is 0 Å². The highest BCUT2D eigenvalue weighted by atomic mass is 35.5. The molecule has 2 N–H and O–H groups in total. The van der Waals surface area contributed by atoms with Gasteiger partial charge in [0.05, 0.1) is 6.54 Å². The molecule has 154 valence electrons. The highest BCUT2D eigenvalue weighted by Gasteiger charge is 2.20. The third-order valence-corrected chi connectivity index (χ3v) is 5.19. The van der Waals surface area contributed by atoms with E-state index in [1.165, 1.54) is 23.4 Å². The smallest absolute Gasteiger partial charge is 0.329 e. The number of nitrogens with one attached hydrogen (secondary N) is 1. The van der Waals surface area contributed by atoms with Gasteiger partial charge in [-0.3, -0.25) is 14.3 Å². The largest absolute Gasteiger partial charge is 0.491 e. The number of aromatic nitrogens is 4. The van der Waals surface area contributed by atoms with Crippen molar-refractivity contribution in [3.8, 4) is 5.75 Å². The molecular formula is C19H21ClN4O4S. The van der Waals surface area contributed by atoms with Gasteiger partial charge in [-0.25, -0.2) is 9.78 Å². The molecule has 1 aromatic carbocycles. The van der Waals surface area contributed by atoms with E-state index >= 15 is 0 Å². The molecule has 0 fully saturated rings. The number of halogens is 1. The van der Waals surface area contributed by atoms with Crippen molar-refractivity contribution >= 4 is 34.5 Å². The van der Waals surface area contributed by atoms with Crippen molar-refractivity contribution in [1.82, 2.24) is 19.1 Å². The van der Waals surface area contributed by atoms with Crippen molar-refractivity contribution in [2.45, 2.75) is 24.7 Å². The van der Waals surface area contributed by atoms with Gasteiger partial charge in [-0.2, -0.15) is 0 Å². The number of benzene rings is 1. The summed E-state index contributed by atoms with van der Waals surface area (Å²) in [4.78, 5) is 31.1. The van der Waals surface area contributed by atoms with E-state index < -0.39 is 17.4 Å². The fourth-order valence-electron chi connectivity index (χ4n) is 2.70. The van der Waals surface area contributed by atoms with Crippen LogP contribution in [-0.2, 0) is 13.6 Å². The topological polar surface area (TPSA) is 102 Å². The number of rotatable bonds is 8. The van der Waals surface area contributed by atoms with Crippen molar-refractivity contribution < 1.29 is 9.84 Å². The predicted octanol–water partition coefficient (Wildman–Crippen LogP) is 2.10. The molecular weight excluding hydrogens is 416 g/mol. The minimum Gasteiger partial charge on any atom is -0.491 e. The summed E-state index contributed by atoms with van der Waals surface area (Å²) in [7, 11) is 1.53. The number of fused-ring (bicyclic) bond motifs is 1. The van der Waals surface area contributed by atoms with Crippen LogP contribution in [0.5, 0.6) is 5.75 Å². The lowest BCUT2D eigenvalue weighted by Gasteiger charge is -2.15. The van der Waals surface area contributed by atoms with Crippen LogP contribution in [0.1, 0.15) is 6.92 Å². The number of imidazole rings is 1. The van der Waals surface area contributed by atoms with Gasteiger partial charge >= 0.3 is 5.69 Å². The maximum Gasteiger partial charge on any atom is 0.329 e. The maximum absolute atomic E-state index is 12.4. The average Bonchev–Trinajstić information content (AvgIpc) is 3.04. The summed E-state index contributed by atoms with van der Waals surface area (Å²) in [5.41, 5.74) is -0.625. The molecule has 0 aliphatic heterocycles. The number of aliphatic hydroxyl groups is 1. The van der Waals surface area contributed by atoms with E-state index in [-0.39, 0.29) is 24.3 Å². The number of hydrogen-bond acceptors (Lipinski definition) is 6. The molecule has 0 amide bonds. The lowest BCUT2D eigenvalue weighted by atomic mass is 10.3. The average molecular weight is 437 g/mol. The Bertz CT molecular complexity index is 1130. The van der Waals surface area contributed by atoms with Crippen LogP contribution in [0.3, 0.4) is 0 Å². The van der Waals surface area contributed by atoms with Crippen molar-refractivity contribution in [2.24, 2.45) is 7.05 Å². The van der Waals surface area contributed by atoms with Gasteiger partial charge in [0.1, 0.15) is 18.5 Å². The van der Waals surface area contributed by atoms with Crippen molar-refractivity contribution in [3.05, 3.63) is 62.3 Å². The Kier molecular flexibility index (Phi) is 6.83. The summed E-state index contributed by atoms with van der Waals surface area (Å²) in [5, 5.41) is 11.6. The highest BCUT2D eigenvalue weighted by Crippen LogP contribution is 2.23. The van der Waals surface area contributed by atoms with Gasteiger partial charge < -0.3 is 14.4 Å². The second-order valence-electron chi connectivity index (χ2n) is 6.38. The van der Waals surface area contributed by atoms with Gasteiger partial charge in [0.25, 0.3) is 5.56 Å². The standard InChI is InChI=1S/C19H21ClN4O4S/c1-12(20)8-9-29-19-21-16-15(17(26)22-18(27)23(16)2)24(19)10-13(25)11-28-14-6-4-3-5-7-14/h3-8,13,25H,9-11H2,1-2H3,(H,22,26,27)/b12-8-. The van der Waals surface area contributed by atoms with Crippen molar-refractivity contribution in [1.29, 1.82) is 0 Å². The summed E-state index contributed by atoms with van der Waals surface area (Å²) in [6.45, 7) is 1.89. The molecule has 2 aromatic heterocycles. The summed E-state index contributed by atoms with van der Waals surface area (Å²) >= 11 is 7.23. The zero-order valence-corrected chi connectivity index (χ0v) is 17.5. The molecule has 2 heterocycles. The molecule has 0 aliphatic carbocycles. The number of nitrogens with zero attached hydrogens (tertiary/aromatic N) is 3. The second kappa shape index (κ2) is 9.34. The molecule has 10 heteroatoms. The van der Waals surface area contributed by atoms with Crippen LogP contribution in [-0.4, -0.2) is 42.7 Å². The minimum atomic E-state index is -0.895. The normalized spacial score (nSPS) is 13.0. The Morgan fingerprint density at radius 2 is 2.10 bits per heavy atom. The first-order chi connectivity index (χ1) is 13.9. The van der Waals surface area contributed by atoms with Gasteiger partial charge in [-0.1, -0.05) is 47.6 Å². The molecule has 29 heavy (non-hydrogen) atoms. The molecule has 8 nitrogen and oxygen atoms in total. The van der Waals surface area contributed by atoms with Gasteiger partial charge in [0, 0.05) is 17.8 Å². The predicted molar refractivity (Wildman–Crippen MR) is 114 cm³/mol. The number of aliphatic hydroxyl groups excluding tert-OH is 1. The lowest BCUT2D eigenvalue weighted by Crippen LogP contribution is -2.30. The first-order valence-corrected chi connectivity index (χ1v) is 10.2. The van der Waals surface area contributed by atoms with Gasteiger partial charge in [0.15, 0.2) is 16.3 Å². The van der Waals surface area contributed by atoms with Crippen LogP contribution in [0.4, 0.5) is 0 Å². The van der Waals surface area contributed by atoms with E-state index in [1.807, 2.05) is 24.3 Å². The Morgan fingerprint density at radius 3 is 2.79 bits per heavy atom. The zero-order chi connectivity index (χ0) is 21.0. The number of hydrogen-bond donors (Lipinski definition) is 2. The van der Waals surface area contributed by atoms with Gasteiger partial charge in [0.2, 0.25) is 0 Å². The van der Waals surface area contributed by atoms with Gasteiger partial charge in [-0.05, 0) is 19.1 Å². The van der Waals surface area contributed by atoms with Crippen LogP contribution in [0.15, 0.2) is 56.2 Å². The maximum atomic E-state index is 12.4. The van der Waals surface area contributed by atoms with E-state index in [9.17, 15) is 14.7 Å². The molecule has 0 radical (unpaired) electrons. The summed E-state index contributed by atoms with van der Waals surface area (Å²) < 4.78 is 8.47. The van der Waals surface area contributed by atoms with Crippen LogP contribution in [0, 0.1) is 0 Å². The zero-order valence-electron chi connectivity index (χ0n) is 16.0. The van der Waals surface area contributed by atoms with Gasteiger partial charge in [-0.15, -0.1) is 0 Å². The SMILES string of the molecule is C/C(Cl)=C/CSc1nc2c(c(=O)[nH]c(=O)n2C)n1CC(O)COc1ccccc1. The van der Waals surface area contributed by atoms with Crippen molar-refractivity contribution in [2.75, 3.05) is 12.4 Å². The number of H-pyrrole nitrogens is 1. The van der Waals surface area contributed by atoms with Crippen LogP contribution in [0.25, 0.3) is 11.2 Å². The molecule has 3 aromatic rings. The first kappa shape index (κ1) is 21.2. The van der Waals surface area contributed by atoms with Crippen LogP contribution >= 0.6 is 23.4 Å². The molecule has 0 aliphatic rings. The number of para-hydroxylation sites is 1. The molecule has 1 atom stereocenters. The number of ether oxygens (including phenoxy) is 1. The van der Waals surface area contributed by atoms with E-state index in [1.54, 1.807) is 23.6 Å². The molecule has 0 bridgehead atoms. The summed E-state index contributed by atoms with van der Waals surface area (Å²) in [5.74, 6) is 1.17. The number of thioether (sulfide) groups is 1. The second-order valence-corrected chi connectivity index (χ2v) is 7.96. The first-order valence-electron chi connectivity index (χ1n) is 8.87. The molecule has 1 unspecified atom stereocenters. The Morgan fingerprint density at radius 1 is 1.38 bits per heavy atom. The Hall–Kier alpha value is -2.49. The summed E-state index contributed by atoms with van der Waals surface area (Å²) in [6, 6.07) is 9.14. The monoisotopic (exact) mass is 436 g/mol. The minimum absolute atomic E-state index is 0.0398. The molecule has 0 saturated heterocycles. The third-order valence-electron chi connectivity index (χ3n) is 4.13. The fourth-order valence-corrected chi connectivity index (χ4v) is 3.82. The molecule has 0 spiro atoms. The van der Waals surface area contributed by atoms with E-state index in [4.69, 9.17) is 16.3 Å². The number of aryl methyl sites for hydroxylation is 1. The quantitative estimate of drug-likeness (QED) is 0.524. The van der Waals surface area contributed by atoms with Crippen LogP contribution < -0.4 is 16.0 Å². The fraction of sp³-hybridized carbons (Fsp3) is 0.316. The van der Waals surface area contributed by atoms with Crippen molar-refractivity contribution in [3.63, 3.8) is 0 Å². The Labute approximate surface area is 175 Å². The summed E-state index contributed by atoms with van der Waals surface area (Å²) in [6.07, 6.45) is 0.919. The van der Waals surface area contributed by atoms with E-state index in [2.05, 4.69) is 9.97 Å². The Balaban J connectivity index is 1.90. The molecule has 3 rings (SSSR count). The number of allylic oxidation sites excluding steroid dienone is 1. The molecule has 0 saturated carbocycles. The highest BCUT2D eigenvalue weighted by molar-refractivity contribution is 7.99. The number of aromatic amines is 1. The van der Waals surface area contributed by atoms with E-state index in [0.29, 0.717) is 21.7 Å². The van der Waals surface area contributed by atoms with Crippen LogP contribution in [0.2, 0.25) is 0 Å². The third kappa shape index (κ3) is 5.11. The lowest BCUT2D eigenvalue weighted by molar-refractivity contribution is 0.0914.